The monoisotopic (exact) mass is 739 g/mol. The van der Waals surface area contributed by atoms with Crippen LogP contribution in [-0.4, -0.2) is 0 Å². The van der Waals surface area contributed by atoms with E-state index < -0.39 is 0 Å². The van der Waals surface area contributed by atoms with Gasteiger partial charge in [0.1, 0.15) is 11.2 Å². The lowest BCUT2D eigenvalue weighted by Gasteiger charge is -2.30. The fourth-order valence-corrected chi connectivity index (χ4v) is 8.79. The van der Waals surface area contributed by atoms with Crippen LogP contribution in [0, 0.1) is 0 Å². The first-order valence-electron chi connectivity index (χ1n) is 19.8. The van der Waals surface area contributed by atoms with Crippen molar-refractivity contribution in [2.75, 3.05) is 4.90 Å². The van der Waals surface area contributed by atoms with Gasteiger partial charge in [-0.05, 0) is 91.8 Å². The zero-order chi connectivity index (χ0) is 38.4. The smallest absolute Gasteiger partial charge is 0.136 e. The van der Waals surface area contributed by atoms with Crippen molar-refractivity contribution in [1.82, 2.24) is 0 Å². The molecular weight excluding hydrogens is 703 g/mol. The minimum atomic E-state index is 0.893. The van der Waals surface area contributed by atoms with Gasteiger partial charge in [-0.25, -0.2) is 0 Å². The molecule has 0 aliphatic carbocycles. The highest BCUT2D eigenvalue weighted by atomic mass is 16.3. The molecule has 0 amide bonds. The summed E-state index contributed by atoms with van der Waals surface area (Å²) in [4.78, 5) is 2.44. The quantitative estimate of drug-likeness (QED) is 0.162. The first-order valence-corrected chi connectivity index (χ1v) is 19.8. The Kier molecular flexibility index (Phi) is 8.19. The first-order chi connectivity index (χ1) is 28.8. The van der Waals surface area contributed by atoms with Crippen molar-refractivity contribution in [2.45, 2.75) is 0 Å². The zero-order valence-electron chi connectivity index (χ0n) is 31.7. The Balaban J connectivity index is 1.17. The number of hydrogen-bond donors (Lipinski definition) is 0. The summed E-state index contributed by atoms with van der Waals surface area (Å²) in [5.74, 6) is 0. The summed E-state index contributed by atoms with van der Waals surface area (Å²) in [5, 5.41) is 7.09. The molecule has 11 rings (SSSR count). The van der Waals surface area contributed by atoms with E-state index in [1.54, 1.807) is 0 Å². The highest BCUT2D eigenvalue weighted by molar-refractivity contribution is 6.21. The Bertz CT molecular complexity index is 3270. The van der Waals surface area contributed by atoms with Crippen LogP contribution in [0.15, 0.2) is 229 Å². The average Bonchev–Trinajstić information content (AvgIpc) is 3.67. The van der Waals surface area contributed by atoms with Gasteiger partial charge in [-0.3, -0.25) is 0 Å². The van der Waals surface area contributed by atoms with Crippen molar-refractivity contribution in [3.63, 3.8) is 0 Å². The van der Waals surface area contributed by atoms with Gasteiger partial charge < -0.3 is 9.32 Å². The summed E-state index contributed by atoms with van der Waals surface area (Å²) in [7, 11) is 0. The lowest BCUT2D eigenvalue weighted by molar-refractivity contribution is 0.669. The normalized spacial score (nSPS) is 11.4. The largest absolute Gasteiger partial charge is 0.456 e. The van der Waals surface area contributed by atoms with Crippen molar-refractivity contribution in [3.8, 4) is 44.5 Å². The second-order valence-corrected chi connectivity index (χ2v) is 14.8. The second kappa shape index (κ2) is 14.1. The Labute approximate surface area is 337 Å². The number of hydrogen-bond acceptors (Lipinski definition) is 2. The minimum Gasteiger partial charge on any atom is -0.456 e. The molecule has 2 nitrogen and oxygen atoms in total. The van der Waals surface area contributed by atoms with Gasteiger partial charge in [0, 0.05) is 33.2 Å². The molecule has 0 bridgehead atoms. The van der Waals surface area contributed by atoms with Gasteiger partial charge in [0.05, 0.1) is 11.4 Å². The van der Waals surface area contributed by atoms with E-state index in [2.05, 4.69) is 223 Å². The maximum Gasteiger partial charge on any atom is 0.136 e. The number of furan rings is 1. The van der Waals surface area contributed by atoms with Gasteiger partial charge in [0.25, 0.3) is 0 Å². The van der Waals surface area contributed by atoms with Crippen LogP contribution in [-0.2, 0) is 0 Å². The molecule has 10 aromatic carbocycles. The van der Waals surface area contributed by atoms with Crippen molar-refractivity contribution in [2.24, 2.45) is 0 Å². The van der Waals surface area contributed by atoms with E-state index in [9.17, 15) is 0 Å². The van der Waals surface area contributed by atoms with Crippen LogP contribution in [0.5, 0.6) is 0 Å². The van der Waals surface area contributed by atoms with E-state index in [4.69, 9.17) is 4.42 Å². The third-order valence-electron chi connectivity index (χ3n) is 11.5. The number of nitrogens with zero attached hydrogens (tertiary/aromatic N) is 1. The molecule has 0 aliphatic rings. The number of para-hydroxylation sites is 2. The van der Waals surface area contributed by atoms with Crippen LogP contribution in [0.25, 0.3) is 88.0 Å². The van der Waals surface area contributed by atoms with Crippen LogP contribution in [0.4, 0.5) is 17.1 Å². The van der Waals surface area contributed by atoms with Crippen LogP contribution >= 0.6 is 0 Å². The highest BCUT2D eigenvalue weighted by Gasteiger charge is 2.23. The van der Waals surface area contributed by atoms with E-state index in [0.717, 1.165) is 66.6 Å². The Morgan fingerprint density at radius 3 is 1.66 bits per heavy atom. The molecule has 11 aromatic rings. The molecule has 0 unspecified atom stereocenters. The standard InChI is InChI=1S/C56H37NO/c1-3-16-39(17-4-1)47-24-11-13-28-51(47)57(44-33-30-41(31-34-44)46-27-15-22-38-20-7-9-23-45(38)46)52-35-32-43(36-50(52)40-18-5-2-6-19-40)55-48-25-10-8-21-42(48)37-54-56(55)49-26-12-14-29-53(49)58-54/h1-37H. The minimum absolute atomic E-state index is 0.893. The lowest BCUT2D eigenvalue weighted by atomic mass is 9.90. The molecule has 0 radical (unpaired) electrons. The van der Waals surface area contributed by atoms with Gasteiger partial charge in [-0.15, -0.1) is 0 Å². The third kappa shape index (κ3) is 5.74. The summed E-state index contributed by atoms with van der Waals surface area (Å²) in [6.07, 6.45) is 0. The van der Waals surface area contributed by atoms with E-state index in [1.807, 2.05) is 6.07 Å². The Morgan fingerprint density at radius 2 is 0.862 bits per heavy atom. The molecule has 0 atom stereocenters. The predicted molar refractivity (Wildman–Crippen MR) is 245 cm³/mol. The summed E-state index contributed by atoms with van der Waals surface area (Å²) in [5.41, 5.74) is 14.4. The van der Waals surface area contributed by atoms with Crippen LogP contribution in [0.3, 0.4) is 0 Å². The lowest BCUT2D eigenvalue weighted by Crippen LogP contribution is -2.12. The molecule has 58 heavy (non-hydrogen) atoms. The number of anilines is 3. The van der Waals surface area contributed by atoms with Crippen molar-refractivity contribution < 1.29 is 4.42 Å². The highest BCUT2D eigenvalue weighted by Crippen LogP contribution is 2.48. The van der Waals surface area contributed by atoms with Gasteiger partial charge in [0.15, 0.2) is 0 Å². The SMILES string of the molecule is c1ccc(-c2ccccc2N(c2ccc(-c3cccc4ccccc34)cc2)c2ccc(-c3c4ccccc4cc4oc5ccccc5c34)cc2-c2ccccc2)cc1. The van der Waals surface area contributed by atoms with E-state index in [1.165, 1.54) is 38.4 Å². The molecular formula is C56H37NO. The van der Waals surface area contributed by atoms with Crippen molar-refractivity contribution in [1.29, 1.82) is 0 Å². The molecule has 0 fully saturated rings. The van der Waals surface area contributed by atoms with Gasteiger partial charge in [-0.2, -0.15) is 0 Å². The second-order valence-electron chi connectivity index (χ2n) is 14.8. The van der Waals surface area contributed by atoms with Crippen molar-refractivity contribution in [3.05, 3.63) is 224 Å². The maximum atomic E-state index is 6.53. The van der Waals surface area contributed by atoms with Gasteiger partial charge in [-0.1, -0.05) is 182 Å². The fourth-order valence-electron chi connectivity index (χ4n) is 8.79. The average molecular weight is 740 g/mol. The third-order valence-corrected chi connectivity index (χ3v) is 11.5. The van der Waals surface area contributed by atoms with Gasteiger partial charge >= 0.3 is 0 Å². The zero-order valence-corrected chi connectivity index (χ0v) is 31.7. The molecule has 0 saturated heterocycles. The Morgan fingerprint density at radius 1 is 0.310 bits per heavy atom. The fraction of sp³-hybridized carbons (Fsp3) is 0. The Hall–Kier alpha value is -7.68. The number of rotatable bonds is 7. The maximum absolute atomic E-state index is 6.53. The summed E-state index contributed by atoms with van der Waals surface area (Å²) in [6.45, 7) is 0. The molecule has 1 aromatic heterocycles. The first kappa shape index (κ1) is 33.6. The molecule has 2 heteroatoms. The molecule has 272 valence electrons. The summed E-state index contributed by atoms with van der Waals surface area (Å²) < 4.78 is 6.53. The summed E-state index contributed by atoms with van der Waals surface area (Å²) >= 11 is 0. The topological polar surface area (TPSA) is 16.4 Å². The van der Waals surface area contributed by atoms with E-state index in [-0.39, 0.29) is 0 Å². The molecule has 0 spiro atoms. The number of benzene rings is 10. The predicted octanol–water partition coefficient (Wildman–Crippen LogP) is 16.0. The molecule has 0 aliphatic heterocycles. The molecule has 0 saturated carbocycles. The van der Waals surface area contributed by atoms with E-state index >= 15 is 0 Å². The van der Waals surface area contributed by atoms with Crippen LogP contribution in [0.1, 0.15) is 0 Å². The van der Waals surface area contributed by atoms with Gasteiger partial charge in [0.2, 0.25) is 0 Å². The van der Waals surface area contributed by atoms with Crippen LogP contribution < -0.4 is 4.90 Å². The molecule has 1 heterocycles. The summed E-state index contributed by atoms with van der Waals surface area (Å²) in [6, 6.07) is 80.7. The molecule has 0 N–H and O–H groups in total. The van der Waals surface area contributed by atoms with Crippen LogP contribution in [0.2, 0.25) is 0 Å². The van der Waals surface area contributed by atoms with E-state index in [0.29, 0.717) is 0 Å². The van der Waals surface area contributed by atoms with Crippen molar-refractivity contribution >= 4 is 60.5 Å². The number of fused-ring (bicyclic) bond motifs is 5.